The highest BCUT2D eigenvalue weighted by Crippen LogP contribution is 2.37. The molecule has 0 spiro atoms. The average molecular weight is 418 g/mol. The molecule has 3 heterocycles. The van der Waals surface area contributed by atoms with Crippen molar-refractivity contribution in [3.05, 3.63) is 82.3 Å². The number of amides is 1. The number of halogens is 1. The zero-order valence-corrected chi connectivity index (χ0v) is 17.4. The molecule has 1 amide bonds. The van der Waals surface area contributed by atoms with Crippen molar-refractivity contribution in [2.24, 2.45) is 0 Å². The highest BCUT2D eigenvalue weighted by atomic mass is 19.1. The van der Waals surface area contributed by atoms with Crippen LogP contribution in [0.1, 0.15) is 34.1 Å². The number of nitrogens with one attached hydrogen (secondary N) is 2. The van der Waals surface area contributed by atoms with E-state index in [0.717, 1.165) is 45.1 Å². The summed E-state index contributed by atoms with van der Waals surface area (Å²) in [5.74, 6) is 0.489. The second-order valence-electron chi connectivity index (χ2n) is 8.02. The zero-order valence-electron chi connectivity index (χ0n) is 17.4. The molecule has 2 aliphatic rings. The summed E-state index contributed by atoms with van der Waals surface area (Å²) in [6.07, 6.45) is -0.159. The molecule has 2 aromatic carbocycles. The number of aryl methyl sites for hydroxylation is 1. The monoisotopic (exact) mass is 418 g/mol. The van der Waals surface area contributed by atoms with E-state index in [1.54, 1.807) is 12.1 Å². The Bertz CT molecular complexity index is 1160. The maximum absolute atomic E-state index is 13.2. The molecule has 2 aliphatic heterocycles. The molecule has 0 saturated carbocycles. The summed E-state index contributed by atoms with van der Waals surface area (Å²) >= 11 is 0. The predicted octanol–water partition coefficient (Wildman–Crippen LogP) is 4.15. The third-order valence-corrected chi connectivity index (χ3v) is 5.78. The van der Waals surface area contributed by atoms with Gasteiger partial charge in [-0.1, -0.05) is 30.3 Å². The van der Waals surface area contributed by atoms with Crippen LogP contribution in [0.4, 0.5) is 21.6 Å². The Morgan fingerprint density at radius 1 is 1.23 bits per heavy atom. The van der Waals surface area contributed by atoms with Crippen molar-refractivity contribution in [3.63, 3.8) is 0 Å². The van der Waals surface area contributed by atoms with Crippen LogP contribution in [0, 0.1) is 12.7 Å². The van der Waals surface area contributed by atoms with Gasteiger partial charge in [-0.15, -0.1) is 0 Å². The summed E-state index contributed by atoms with van der Waals surface area (Å²) in [6.45, 7) is 3.38. The maximum atomic E-state index is 13.2. The number of pyridine rings is 1. The number of carbonyl (C=O) groups excluding carboxylic acids is 1. The summed E-state index contributed by atoms with van der Waals surface area (Å²) in [4.78, 5) is 18.3. The van der Waals surface area contributed by atoms with E-state index in [1.165, 1.54) is 12.1 Å². The SMILES string of the molecule is Cc1nc(NCc2ccc3c(c2)CO[C@@H]3c2ccc(F)cc2)cc2c1NC(=O)CN2C. The third-order valence-electron chi connectivity index (χ3n) is 5.78. The first-order chi connectivity index (χ1) is 15.0. The van der Waals surface area contributed by atoms with Gasteiger partial charge < -0.3 is 20.3 Å². The molecule has 0 saturated heterocycles. The van der Waals surface area contributed by atoms with Crippen LogP contribution in [0.5, 0.6) is 0 Å². The fourth-order valence-electron chi connectivity index (χ4n) is 4.20. The minimum atomic E-state index is -0.247. The summed E-state index contributed by atoms with van der Waals surface area (Å²) in [5.41, 5.74) is 6.85. The number of fused-ring (bicyclic) bond motifs is 2. The van der Waals surface area contributed by atoms with Gasteiger partial charge in [-0.05, 0) is 41.3 Å². The number of nitrogens with zero attached hydrogens (tertiary/aromatic N) is 2. The minimum absolute atomic E-state index is 0.0279. The minimum Gasteiger partial charge on any atom is -0.366 e. The zero-order chi connectivity index (χ0) is 21.5. The number of carbonyl (C=O) groups is 1. The molecule has 158 valence electrons. The van der Waals surface area contributed by atoms with E-state index in [4.69, 9.17) is 4.74 Å². The van der Waals surface area contributed by atoms with E-state index in [0.29, 0.717) is 19.7 Å². The first-order valence-electron chi connectivity index (χ1n) is 10.2. The Balaban J connectivity index is 1.32. The molecule has 0 aliphatic carbocycles. The van der Waals surface area contributed by atoms with Gasteiger partial charge in [0.05, 0.1) is 30.2 Å². The fraction of sp³-hybridized carbons (Fsp3) is 0.250. The largest absolute Gasteiger partial charge is 0.366 e. The molecular formula is C24H23FN4O2. The van der Waals surface area contributed by atoms with Gasteiger partial charge in [0.25, 0.3) is 0 Å². The molecular weight excluding hydrogens is 395 g/mol. The molecule has 3 aromatic rings. The predicted molar refractivity (Wildman–Crippen MR) is 118 cm³/mol. The van der Waals surface area contributed by atoms with Gasteiger partial charge in [0, 0.05) is 19.7 Å². The van der Waals surface area contributed by atoms with E-state index in [2.05, 4.69) is 33.8 Å². The Morgan fingerprint density at radius 2 is 2.03 bits per heavy atom. The molecule has 1 aromatic heterocycles. The van der Waals surface area contributed by atoms with Crippen molar-refractivity contribution in [1.29, 1.82) is 0 Å². The third kappa shape index (κ3) is 3.72. The van der Waals surface area contributed by atoms with Crippen LogP contribution < -0.4 is 15.5 Å². The van der Waals surface area contributed by atoms with Crippen LogP contribution in [0.2, 0.25) is 0 Å². The van der Waals surface area contributed by atoms with E-state index in [-0.39, 0.29) is 17.8 Å². The smallest absolute Gasteiger partial charge is 0.243 e. The van der Waals surface area contributed by atoms with Crippen LogP contribution in [0.3, 0.4) is 0 Å². The van der Waals surface area contributed by atoms with Gasteiger partial charge in [0.2, 0.25) is 5.91 Å². The van der Waals surface area contributed by atoms with Gasteiger partial charge in [-0.3, -0.25) is 4.79 Å². The van der Waals surface area contributed by atoms with Crippen molar-refractivity contribution in [3.8, 4) is 0 Å². The molecule has 0 unspecified atom stereocenters. The summed E-state index contributed by atoms with van der Waals surface area (Å²) in [5, 5.41) is 6.29. The Labute approximate surface area is 180 Å². The average Bonchev–Trinajstić information content (AvgIpc) is 3.17. The van der Waals surface area contributed by atoms with Crippen molar-refractivity contribution in [2.75, 3.05) is 29.1 Å². The van der Waals surface area contributed by atoms with Crippen molar-refractivity contribution in [2.45, 2.75) is 26.2 Å². The molecule has 6 nitrogen and oxygen atoms in total. The number of hydrogen-bond donors (Lipinski definition) is 2. The van der Waals surface area contributed by atoms with Crippen molar-refractivity contribution < 1.29 is 13.9 Å². The number of benzene rings is 2. The lowest BCUT2D eigenvalue weighted by molar-refractivity contribution is -0.115. The second-order valence-corrected chi connectivity index (χ2v) is 8.02. The van der Waals surface area contributed by atoms with Crippen LogP contribution in [-0.2, 0) is 22.7 Å². The van der Waals surface area contributed by atoms with Crippen LogP contribution in [0.25, 0.3) is 0 Å². The van der Waals surface area contributed by atoms with Crippen molar-refractivity contribution >= 4 is 23.1 Å². The Hall–Kier alpha value is -3.45. The van der Waals surface area contributed by atoms with Gasteiger partial charge in [-0.2, -0.15) is 0 Å². The lowest BCUT2D eigenvalue weighted by Crippen LogP contribution is -2.36. The van der Waals surface area contributed by atoms with E-state index in [1.807, 2.05) is 24.9 Å². The molecule has 0 radical (unpaired) electrons. The van der Waals surface area contributed by atoms with Gasteiger partial charge >= 0.3 is 0 Å². The number of aromatic nitrogens is 1. The van der Waals surface area contributed by atoms with Gasteiger partial charge in [0.1, 0.15) is 17.7 Å². The number of ether oxygens (including phenoxy) is 1. The lowest BCUT2D eigenvalue weighted by atomic mass is 9.97. The second kappa shape index (κ2) is 7.67. The molecule has 0 bridgehead atoms. The highest BCUT2D eigenvalue weighted by Gasteiger charge is 2.25. The van der Waals surface area contributed by atoms with E-state index in [9.17, 15) is 9.18 Å². The molecule has 0 fully saturated rings. The first kappa shape index (κ1) is 19.5. The number of hydrogen-bond acceptors (Lipinski definition) is 5. The molecule has 1 atom stereocenters. The van der Waals surface area contributed by atoms with E-state index >= 15 is 0 Å². The maximum Gasteiger partial charge on any atom is 0.243 e. The van der Waals surface area contributed by atoms with E-state index < -0.39 is 0 Å². The summed E-state index contributed by atoms with van der Waals surface area (Å²) in [6, 6.07) is 14.7. The Morgan fingerprint density at radius 3 is 2.84 bits per heavy atom. The first-order valence-corrected chi connectivity index (χ1v) is 10.2. The lowest BCUT2D eigenvalue weighted by Gasteiger charge is -2.28. The Kier molecular flexibility index (Phi) is 4.82. The van der Waals surface area contributed by atoms with Crippen LogP contribution in [-0.4, -0.2) is 24.5 Å². The summed E-state index contributed by atoms with van der Waals surface area (Å²) < 4.78 is 19.2. The standard InChI is InChI=1S/C24H23FN4O2/c1-14-23-20(29(2)12-22(30)28-23)10-21(27-14)26-11-15-3-8-19-17(9-15)13-31-24(19)16-4-6-18(25)7-5-16/h3-10,24H,11-13H2,1-2H3,(H,26,27)(H,28,30)/t24-/m1/s1. The fourth-order valence-corrected chi connectivity index (χ4v) is 4.20. The number of likely N-dealkylation sites (N-methyl/N-ethyl adjacent to an activating group) is 1. The topological polar surface area (TPSA) is 66.5 Å². The van der Waals surface area contributed by atoms with Gasteiger partial charge in [-0.25, -0.2) is 9.37 Å². The highest BCUT2D eigenvalue weighted by molar-refractivity contribution is 6.02. The quantitative estimate of drug-likeness (QED) is 0.666. The molecule has 31 heavy (non-hydrogen) atoms. The number of rotatable bonds is 4. The molecule has 2 N–H and O–H groups in total. The van der Waals surface area contributed by atoms with Crippen LogP contribution >= 0.6 is 0 Å². The molecule has 7 heteroatoms. The molecule has 5 rings (SSSR count). The normalized spacial score (nSPS) is 17.2. The summed E-state index contributed by atoms with van der Waals surface area (Å²) in [7, 11) is 1.90. The van der Waals surface area contributed by atoms with Crippen LogP contribution in [0.15, 0.2) is 48.5 Å². The number of anilines is 3. The van der Waals surface area contributed by atoms with Gasteiger partial charge in [0.15, 0.2) is 0 Å². The van der Waals surface area contributed by atoms with Crippen molar-refractivity contribution in [1.82, 2.24) is 4.98 Å².